The second-order valence-electron chi connectivity index (χ2n) is 4.94. The molecule has 2 N–H and O–H groups in total. The molecule has 0 aromatic heterocycles. The van der Waals surface area contributed by atoms with Crippen molar-refractivity contribution in [2.75, 3.05) is 6.54 Å². The molecule has 0 spiro atoms. The molecular formula is C14H17Cl2NO3. The Morgan fingerprint density at radius 3 is 2.85 bits per heavy atom. The Labute approximate surface area is 128 Å². The van der Waals surface area contributed by atoms with Crippen molar-refractivity contribution in [1.29, 1.82) is 0 Å². The van der Waals surface area contributed by atoms with Crippen molar-refractivity contribution < 1.29 is 14.6 Å². The third-order valence-electron chi connectivity index (χ3n) is 3.26. The average Bonchev–Trinajstić information content (AvgIpc) is 3.21. The molecule has 1 aromatic rings. The van der Waals surface area contributed by atoms with Crippen LogP contribution in [0.15, 0.2) is 18.2 Å². The zero-order chi connectivity index (χ0) is 14.5. The van der Waals surface area contributed by atoms with E-state index in [1.54, 1.807) is 18.2 Å². The van der Waals surface area contributed by atoms with Crippen molar-refractivity contribution in [3.8, 4) is 5.75 Å². The number of carboxylic acid groups (broad SMARTS) is 1. The molecule has 4 nitrogen and oxygen atoms in total. The third-order valence-corrected chi connectivity index (χ3v) is 3.81. The van der Waals surface area contributed by atoms with Gasteiger partial charge in [-0.1, -0.05) is 23.2 Å². The van der Waals surface area contributed by atoms with Crippen molar-refractivity contribution in [3.05, 3.63) is 28.2 Å². The highest BCUT2D eigenvalue weighted by Gasteiger charge is 2.32. The van der Waals surface area contributed by atoms with Crippen molar-refractivity contribution in [1.82, 2.24) is 5.32 Å². The first-order valence-corrected chi connectivity index (χ1v) is 7.40. The van der Waals surface area contributed by atoms with Crippen molar-refractivity contribution in [3.63, 3.8) is 0 Å². The van der Waals surface area contributed by atoms with Crippen molar-refractivity contribution in [2.24, 2.45) is 5.92 Å². The summed E-state index contributed by atoms with van der Waals surface area (Å²) in [6.45, 7) is 0.436. The Morgan fingerprint density at radius 2 is 2.20 bits per heavy atom. The Hall–Kier alpha value is -1.13. The fourth-order valence-corrected chi connectivity index (χ4v) is 2.41. The Morgan fingerprint density at radius 1 is 1.45 bits per heavy atom. The molecular weight excluding hydrogens is 301 g/mol. The number of rotatable bonds is 7. The molecule has 1 fully saturated rings. The van der Waals surface area contributed by atoms with Crippen LogP contribution in [-0.4, -0.2) is 23.8 Å². The lowest BCUT2D eigenvalue weighted by Crippen LogP contribution is -2.25. The fraction of sp³-hybridized carbons (Fsp3) is 0.500. The lowest BCUT2D eigenvalue weighted by molar-refractivity contribution is 0.163. The second kappa shape index (κ2) is 7.04. The van der Waals surface area contributed by atoms with Gasteiger partial charge in [-0.15, -0.1) is 0 Å². The maximum Gasteiger partial charge on any atom is 0.404 e. The summed E-state index contributed by atoms with van der Waals surface area (Å²) in [5, 5.41) is 12.0. The molecule has 20 heavy (non-hydrogen) atoms. The van der Waals surface area contributed by atoms with Crippen LogP contribution in [0.1, 0.15) is 25.7 Å². The molecule has 1 aliphatic rings. The molecule has 110 valence electrons. The van der Waals surface area contributed by atoms with Gasteiger partial charge in [-0.2, -0.15) is 0 Å². The van der Waals surface area contributed by atoms with Crippen molar-refractivity contribution >= 4 is 29.3 Å². The van der Waals surface area contributed by atoms with Crippen LogP contribution in [0, 0.1) is 5.92 Å². The summed E-state index contributed by atoms with van der Waals surface area (Å²) >= 11 is 12.0. The van der Waals surface area contributed by atoms with Gasteiger partial charge in [0.2, 0.25) is 0 Å². The Balaban J connectivity index is 1.89. The van der Waals surface area contributed by atoms with Gasteiger partial charge in [0.15, 0.2) is 0 Å². The number of hydrogen-bond acceptors (Lipinski definition) is 2. The molecule has 6 heteroatoms. The van der Waals surface area contributed by atoms with Crippen LogP contribution >= 0.6 is 23.2 Å². The molecule has 1 amide bonds. The summed E-state index contributed by atoms with van der Waals surface area (Å²) in [5.74, 6) is 1.14. The molecule has 1 unspecified atom stereocenters. The first-order valence-electron chi connectivity index (χ1n) is 6.65. The van der Waals surface area contributed by atoms with E-state index in [-0.39, 0.29) is 6.10 Å². The fourth-order valence-electron chi connectivity index (χ4n) is 2.09. The van der Waals surface area contributed by atoms with Crippen LogP contribution < -0.4 is 10.1 Å². The summed E-state index contributed by atoms with van der Waals surface area (Å²) in [4.78, 5) is 10.4. The minimum absolute atomic E-state index is 0.0709. The SMILES string of the molecule is O=C(O)NCCCC(Oc1cc(Cl)ccc1Cl)C1CC1. The van der Waals surface area contributed by atoms with E-state index in [1.165, 1.54) is 0 Å². The van der Waals surface area contributed by atoms with E-state index < -0.39 is 6.09 Å². The van der Waals surface area contributed by atoms with E-state index in [0.29, 0.717) is 28.3 Å². The van der Waals surface area contributed by atoms with E-state index in [0.717, 1.165) is 25.7 Å². The van der Waals surface area contributed by atoms with E-state index in [4.69, 9.17) is 33.0 Å². The summed E-state index contributed by atoms with van der Waals surface area (Å²) in [6, 6.07) is 5.16. The minimum atomic E-state index is -0.994. The topological polar surface area (TPSA) is 58.6 Å². The van der Waals surface area contributed by atoms with Crippen LogP contribution in [0.3, 0.4) is 0 Å². The molecule has 0 bridgehead atoms. The first-order chi connectivity index (χ1) is 9.56. The minimum Gasteiger partial charge on any atom is -0.489 e. The van der Waals surface area contributed by atoms with Crippen LogP contribution in [-0.2, 0) is 0 Å². The van der Waals surface area contributed by atoms with E-state index in [9.17, 15) is 4.79 Å². The van der Waals surface area contributed by atoms with Crippen LogP contribution in [0.25, 0.3) is 0 Å². The second-order valence-corrected chi connectivity index (χ2v) is 5.79. The highest BCUT2D eigenvalue weighted by molar-refractivity contribution is 6.34. The quantitative estimate of drug-likeness (QED) is 0.741. The summed E-state index contributed by atoms with van der Waals surface area (Å²) in [5.41, 5.74) is 0. The standard InChI is InChI=1S/C14H17Cl2NO3/c15-10-5-6-11(16)13(8-10)20-12(9-3-4-9)2-1-7-17-14(18)19/h5-6,8-9,12,17H,1-4,7H2,(H,18,19). The van der Waals surface area contributed by atoms with E-state index in [1.807, 2.05) is 0 Å². The number of halogens is 2. The number of carbonyl (C=O) groups is 1. The lowest BCUT2D eigenvalue weighted by atomic mass is 10.1. The lowest BCUT2D eigenvalue weighted by Gasteiger charge is -2.19. The van der Waals surface area contributed by atoms with Gasteiger partial charge in [-0.25, -0.2) is 4.79 Å². The summed E-state index contributed by atoms with van der Waals surface area (Å²) in [7, 11) is 0. The smallest absolute Gasteiger partial charge is 0.404 e. The monoisotopic (exact) mass is 317 g/mol. The molecule has 0 heterocycles. The van der Waals surface area contributed by atoms with E-state index in [2.05, 4.69) is 5.32 Å². The van der Waals surface area contributed by atoms with Gasteiger partial charge in [0.05, 0.1) is 5.02 Å². The zero-order valence-electron chi connectivity index (χ0n) is 10.9. The van der Waals surface area contributed by atoms with Gasteiger partial charge >= 0.3 is 6.09 Å². The van der Waals surface area contributed by atoms with E-state index >= 15 is 0 Å². The molecule has 0 saturated heterocycles. The highest BCUT2D eigenvalue weighted by atomic mass is 35.5. The molecule has 0 radical (unpaired) electrons. The molecule has 1 aliphatic carbocycles. The maximum atomic E-state index is 10.4. The van der Waals surface area contributed by atoms with Gasteiger partial charge in [0, 0.05) is 17.6 Å². The average molecular weight is 318 g/mol. The molecule has 2 rings (SSSR count). The normalized spacial score (nSPS) is 15.7. The number of amides is 1. The number of hydrogen-bond donors (Lipinski definition) is 2. The maximum absolute atomic E-state index is 10.4. The van der Waals surface area contributed by atoms with Crippen LogP contribution in [0.4, 0.5) is 4.79 Å². The van der Waals surface area contributed by atoms with Gasteiger partial charge in [-0.05, 0) is 43.7 Å². The van der Waals surface area contributed by atoms with Gasteiger partial charge in [0.25, 0.3) is 0 Å². The number of ether oxygens (including phenoxy) is 1. The predicted molar refractivity (Wildman–Crippen MR) is 78.9 cm³/mol. The largest absolute Gasteiger partial charge is 0.489 e. The first kappa shape index (κ1) is 15.3. The molecule has 1 aromatic carbocycles. The predicted octanol–water partition coefficient (Wildman–Crippen LogP) is 4.20. The summed E-state index contributed by atoms with van der Waals surface area (Å²) in [6.07, 6.45) is 2.91. The Kier molecular flexibility index (Phi) is 5.38. The van der Waals surface area contributed by atoms with Crippen LogP contribution in [0.5, 0.6) is 5.75 Å². The number of benzene rings is 1. The van der Waals surface area contributed by atoms with Gasteiger partial charge < -0.3 is 15.2 Å². The van der Waals surface area contributed by atoms with Crippen LogP contribution in [0.2, 0.25) is 10.0 Å². The number of nitrogens with one attached hydrogen (secondary N) is 1. The van der Waals surface area contributed by atoms with Crippen molar-refractivity contribution in [2.45, 2.75) is 31.8 Å². The molecule has 1 saturated carbocycles. The molecule has 1 atom stereocenters. The Bertz CT molecular complexity index is 477. The zero-order valence-corrected chi connectivity index (χ0v) is 12.5. The van der Waals surface area contributed by atoms with Gasteiger partial charge in [0.1, 0.15) is 11.9 Å². The highest BCUT2D eigenvalue weighted by Crippen LogP contribution is 2.38. The summed E-state index contributed by atoms with van der Waals surface area (Å²) < 4.78 is 5.97. The molecule has 0 aliphatic heterocycles. The third kappa shape index (κ3) is 4.76. The van der Waals surface area contributed by atoms with Gasteiger partial charge in [-0.3, -0.25) is 0 Å².